The summed E-state index contributed by atoms with van der Waals surface area (Å²) in [6, 6.07) is 11.8. The SMILES string of the molecule is CCCCN(Cc1cccs1)C(=O)c1cc2ccc(OC)cc2[nH]1. The molecule has 126 valence electrons. The van der Waals surface area contributed by atoms with Crippen LogP contribution >= 0.6 is 11.3 Å². The first kappa shape index (κ1) is 16.6. The lowest BCUT2D eigenvalue weighted by Gasteiger charge is -2.21. The molecule has 3 aromatic rings. The van der Waals surface area contributed by atoms with Crippen molar-refractivity contribution in [3.8, 4) is 5.75 Å². The van der Waals surface area contributed by atoms with Gasteiger partial charge >= 0.3 is 0 Å². The van der Waals surface area contributed by atoms with Gasteiger partial charge in [0, 0.05) is 28.4 Å². The summed E-state index contributed by atoms with van der Waals surface area (Å²) in [6.45, 7) is 3.57. The Morgan fingerprint density at radius 3 is 2.88 bits per heavy atom. The number of hydrogen-bond donors (Lipinski definition) is 1. The van der Waals surface area contributed by atoms with Crippen LogP contribution in [-0.4, -0.2) is 29.4 Å². The Bertz CT molecular complexity index is 808. The van der Waals surface area contributed by atoms with Crippen LogP contribution in [0.5, 0.6) is 5.75 Å². The van der Waals surface area contributed by atoms with Gasteiger partial charge in [0.15, 0.2) is 0 Å². The number of ether oxygens (including phenoxy) is 1. The lowest BCUT2D eigenvalue weighted by Crippen LogP contribution is -2.31. The van der Waals surface area contributed by atoms with E-state index in [2.05, 4.69) is 18.0 Å². The van der Waals surface area contributed by atoms with Crippen molar-refractivity contribution >= 4 is 28.1 Å². The number of amides is 1. The van der Waals surface area contributed by atoms with E-state index in [1.807, 2.05) is 40.6 Å². The normalized spacial score (nSPS) is 10.9. The molecule has 0 bridgehead atoms. The van der Waals surface area contributed by atoms with Gasteiger partial charge in [-0.25, -0.2) is 0 Å². The third-order valence-electron chi connectivity index (χ3n) is 4.06. The average Bonchev–Trinajstić information content (AvgIpc) is 3.26. The third-order valence-corrected chi connectivity index (χ3v) is 4.92. The summed E-state index contributed by atoms with van der Waals surface area (Å²) in [7, 11) is 1.64. The second kappa shape index (κ2) is 7.53. The highest BCUT2D eigenvalue weighted by molar-refractivity contribution is 7.09. The first-order valence-corrected chi connectivity index (χ1v) is 9.07. The quantitative estimate of drug-likeness (QED) is 0.677. The summed E-state index contributed by atoms with van der Waals surface area (Å²) in [4.78, 5) is 19.3. The number of hydrogen-bond acceptors (Lipinski definition) is 3. The summed E-state index contributed by atoms with van der Waals surface area (Å²) >= 11 is 1.69. The van der Waals surface area contributed by atoms with E-state index in [1.165, 1.54) is 4.88 Å². The van der Waals surface area contributed by atoms with E-state index in [-0.39, 0.29) is 5.91 Å². The van der Waals surface area contributed by atoms with E-state index < -0.39 is 0 Å². The molecule has 3 rings (SSSR count). The number of fused-ring (bicyclic) bond motifs is 1. The van der Waals surface area contributed by atoms with Crippen LogP contribution in [0.4, 0.5) is 0 Å². The van der Waals surface area contributed by atoms with Crippen molar-refractivity contribution in [1.29, 1.82) is 0 Å². The lowest BCUT2D eigenvalue weighted by atomic mass is 10.2. The maximum atomic E-state index is 13.0. The zero-order valence-electron chi connectivity index (χ0n) is 14.0. The van der Waals surface area contributed by atoms with E-state index >= 15 is 0 Å². The Balaban J connectivity index is 1.85. The van der Waals surface area contributed by atoms with Crippen LogP contribution in [0.1, 0.15) is 35.1 Å². The predicted molar refractivity (Wildman–Crippen MR) is 98.8 cm³/mol. The number of methoxy groups -OCH3 is 1. The minimum Gasteiger partial charge on any atom is -0.497 e. The molecule has 0 saturated carbocycles. The molecule has 1 aromatic carbocycles. The number of unbranched alkanes of at least 4 members (excludes halogenated alkanes) is 1. The molecule has 0 unspecified atom stereocenters. The van der Waals surface area contributed by atoms with E-state index in [0.29, 0.717) is 12.2 Å². The van der Waals surface area contributed by atoms with Gasteiger partial charge in [-0.3, -0.25) is 4.79 Å². The van der Waals surface area contributed by atoms with Gasteiger partial charge in [0.25, 0.3) is 5.91 Å². The monoisotopic (exact) mass is 342 g/mol. The van der Waals surface area contributed by atoms with E-state index in [1.54, 1.807) is 18.4 Å². The van der Waals surface area contributed by atoms with Crippen molar-refractivity contribution < 1.29 is 9.53 Å². The van der Waals surface area contributed by atoms with Crippen LogP contribution in [-0.2, 0) is 6.54 Å². The van der Waals surface area contributed by atoms with Gasteiger partial charge in [0.2, 0.25) is 0 Å². The largest absolute Gasteiger partial charge is 0.497 e. The molecule has 0 aliphatic heterocycles. The summed E-state index contributed by atoms with van der Waals surface area (Å²) in [5.41, 5.74) is 1.55. The molecule has 1 N–H and O–H groups in total. The Morgan fingerprint density at radius 1 is 1.29 bits per heavy atom. The summed E-state index contributed by atoms with van der Waals surface area (Å²) < 4.78 is 5.25. The molecule has 0 spiro atoms. The zero-order valence-corrected chi connectivity index (χ0v) is 14.9. The van der Waals surface area contributed by atoms with E-state index in [9.17, 15) is 4.79 Å². The van der Waals surface area contributed by atoms with Crippen LogP contribution in [0.3, 0.4) is 0 Å². The van der Waals surface area contributed by atoms with Crippen LogP contribution in [0.2, 0.25) is 0 Å². The number of rotatable bonds is 7. The Morgan fingerprint density at radius 2 is 2.17 bits per heavy atom. The van der Waals surface area contributed by atoms with Crippen LogP contribution in [0, 0.1) is 0 Å². The number of nitrogens with one attached hydrogen (secondary N) is 1. The molecule has 2 heterocycles. The van der Waals surface area contributed by atoms with Gasteiger partial charge in [-0.05, 0) is 36.1 Å². The lowest BCUT2D eigenvalue weighted by molar-refractivity contribution is 0.0737. The number of thiophene rings is 1. The predicted octanol–water partition coefficient (Wildman–Crippen LogP) is 4.68. The molecule has 0 fully saturated rings. The standard InChI is InChI=1S/C19H22N2O2S/c1-3-4-9-21(13-16-6-5-10-24-16)19(22)18-11-14-7-8-15(23-2)12-17(14)20-18/h5-8,10-12,20H,3-4,9,13H2,1-2H3. The third kappa shape index (κ3) is 3.62. The first-order chi connectivity index (χ1) is 11.7. The molecular formula is C19H22N2O2S. The summed E-state index contributed by atoms with van der Waals surface area (Å²) in [5.74, 6) is 0.830. The Hall–Kier alpha value is -2.27. The number of benzene rings is 1. The number of carbonyl (C=O) groups is 1. The molecule has 0 aliphatic rings. The fraction of sp³-hybridized carbons (Fsp3) is 0.316. The molecule has 0 atom stereocenters. The number of carbonyl (C=O) groups excluding carboxylic acids is 1. The number of aromatic nitrogens is 1. The maximum absolute atomic E-state index is 13.0. The number of nitrogens with zero attached hydrogens (tertiary/aromatic N) is 1. The van der Waals surface area contributed by atoms with Gasteiger partial charge in [-0.2, -0.15) is 0 Å². The molecule has 0 radical (unpaired) electrons. The highest BCUT2D eigenvalue weighted by Crippen LogP contribution is 2.23. The first-order valence-electron chi connectivity index (χ1n) is 8.19. The van der Waals surface area contributed by atoms with Crippen molar-refractivity contribution in [1.82, 2.24) is 9.88 Å². The topological polar surface area (TPSA) is 45.3 Å². The van der Waals surface area contributed by atoms with Crippen molar-refractivity contribution in [3.63, 3.8) is 0 Å². The minimum atomic E-state index is 0.0482. The minimum absolute atomic E-state index is 0.0482. The van der Waals surface area contributed by atoms with Gasteiger partial charge in [0.05, 0.1) is 13.7 Å². The van der Waals surface area contributed by atoms with Gasteiger partial charge in [-0.15, -0.1) is 11.3 Å². The molecular weight excluding hydrogens is 320 g/mol. The van der Waals surface area contributed by atoms with Crippen molar-refractivity contribution in [3.05, 3.63) is 52.3 Å². The second-order valence-corrected chi connectivity index (χ2v) is 6.83. The van der Waals surface area contributed by atoms with Crippen LogP contribution in [0.25, 0.3) is 10.9 Å². The van der Waals surface area contributed by atoms with Gasteiger partial charge in [0.1, 0.15) is 11.4 Å². The van der Waals surface area contributed by atoms with Gasteiger partial charge < -0.3 is 14.6 Å². The van der Waals surface area contributed by atoms with Crippen molar-refractivity contribution in [2.75, 3.05) is 13.7 Å². The molecule has 4 nitrogen and oxygen atoms in total. The molecule has 2 aromatic heterocycles. The fourth-order valence-electron chi connectivity index (χ4n) is 2.71. The summed E-state index contributed by atoms with van der Waals surface area (Å²) in [6.07, 6.45) is 2.07. The number of aromatic amines is 1. The van der Waals surface area contributed by atoms with Crippen LogP contribution < -0.4 is 4.74 Å². The van der Waals surface area contributed by atoms with E-state index in [4.69, 9.17) is 4.74 Å². The fourth-order valence-corrected chi connectivity index (χ4v) is 3.43. The molecule has 24 heavy (non-hydrogen) atoms. The van der Waals surface area contributed by atoms with Crippen LogP contribution in [0.15, 0.2) is 41.8 Å². The Labute approximate surface area is 146 Å². The van der Waals surface area contributed by atoms with Gasteiger partial charge in [-0.1, -0.05) is 19.4 Å². The van der Waals surface area contributed by atoms with Crippen molar-refractivity contribution in [2.24, 2.45) is 0 Å². The molecule has 0 aliphatic carbocycles. The average molecular weight is 342 g/mol. The smallest absolute Gasteiger partial charge is 0.270 e. The maximum Gasteiger partial charge on any atom is 0.270 e. The highest BCUT2D eigenvalue weighted by atomic mass is 32.1. The molecule has 1 amide bonds. The Kier molecular flexibility index (Phi) is 5.20. The summed E-state index contributed by atoms with van der Waals surface area (Å²) in [5, 5.41) is 3.07. The van der Waals surface area contributed by atoms with E-state index in [0.717, 1.165) is 36.0 Å². The molecule has 0 saturated heterocycles. The highest BCUT2D eigenvalue weighted by Gasteiger charge is 2.18. The zero-order chi connectivity index (χ0) is 16.9. The second-order valence-electron chi connectivity index (χ2n) is 5.80. The van der Waals surface area contributed by atoms with Crippen molar-refractivity contribution in [2.45, 2.75) is 26.3 Å². The number of H-pyrrole nitrogens is 1. The molecule has 5 heteroatoms.